The number of rotatable bonds is 5. The molecule has 1 heterocycles. The highest BCUT2D eigenvalue weighted by Gasteiger charge is 2.10. The Morgan fingerprint density at radius 2 is 2.20 bits per heavy atom. The average Bonchev–Trinajstić information content (AvgIpc) is 2.46. The minimum absolute atomic E-state index is 0.121. The van der Waals surface area contributed by atoms with Crippen molar-refractivity contribution in [3.63, 3.8) is 0 Å². The molecule has 0 aliphatic carbocycles. The van der Waals surface area contributed by atoms with Crippen molar-refractivity contribution in [3.05, 3.63) is 36.3 Å². The van der Waals surface area contributed by atoms with E-state index in [1.165, 1.54) is 12.3 Å². The fourth-order valence-electron chi connectivity index (χ4n) is 1.66. The summed E-state index contributed by atoms with van der Waals surface area (Å²) in [7, 11) is 0. The number of hydrogen-bond acceptors (Lipinski definition) is 4. The first-order chi connectivity index (χ1) is 9.70. The van der Waals surface area contributed by atoms with Gasteiger partial charge in [-0.05, 0) is 25.5 Å². The molecule has 0 bridgehead atoms. The third-order valence-electron chi connectivity index (χ3n) is 2.69. The molecule has 0 fully saturated rings. The van der Waals surface area contributed by atoms with Crippen LogP contribution in [0.2, 0.25) is 0 Å². The van der Waals surface area contributed by atoms with Gasteiger partial charge in [0.1, 0.15) is 11.9 Å². The van der Waals surface area contributed by atoms with Crippen LogP contribution in [0.3, 0.4) is 0 Å². The second-order valence-corrected chi connectivity index (χ2v) is 4.28. The standard InChI is InChI=1S/C15H14FN3O/c1-3-4-7-11(2)20-15-18-14(10-17-19-15)12-8-5-6-9-13(12)16/h1,5-6,8-11H,4,7H2,2H3. The summed E-state index contributed by atoms with van der Waals surface area (Å²) in [6.07, 6.45) is 7.79. The number of terminal acetylenes is 1. The molecule has 20 heavy (non-hydrogen) atoms. The van der Waals surface area contributed by atoms with E-state index in [0.29, 0.717) is 24.1 Å². The molecule has 5 heteroatoms. The van der Waals surface area contributed by atoms with Gasteiger partial charge in [-0.25, -0.2) is 4.39 Å². The van der Waals surface area contributed by atoms with Crippen molar-refractivity contribution in [3.8, 4) is 29.6 Å². The van der Waals surface area contributed by atoms with Crippen LogP contribution in [0.25, 0.3) is 11.3 Å². The van der Waals surface area contributed by atoms with E-state index in [1.54, 1.807) is 18.2 Å². The molecule has 1 unspecified atom stereocenters. The Labute approximate surface area is 117 Å². The second-order valence-electron chi connectivity index (χ2n) is 4.28. The zero-order valence-electron chi connectivity index (χ0n) is 11.1. The maximum absolute atomic E-state index is 13.7. The van der Waals surface area contributed by atoms with Crippen molar-refractivity contribution in [2.45, 2.75) is 25.9 Å². The van der Waals surface area contributed by atoms with Crippen molar-refractivity contribution in [2.75, 3.05) is 0 Å². The lowest BCUT2D eigenvalue weighted by Crippen LogP contribution is -2.13. The quantitative estimate of drug-likeness (QED) is 0.784. The van der Waals surface area contributed by atoms with Crippen LogP contribution in [0.1, 0.15) is 19.8 Å². The molecule has 0 spiro atoms. The highest BCUT2D eigenvalue weighted by molar-refractivity contribution is 5.58. The molecule has 2 aromatic rings. The molecule has 0 aliphatic rings. The highest BCUT2D eigenvalue weighted by Crippen LogP contribution is 2.20. The number of aromatic nitrogens is 3. The lowest BCUT2D eigenvalue weighted by molar-refractivity contribution is 0.193. The van der Waals surface area contributed by atoms with E-state index in [4.69, 9.17) is 11.2 Å². The van der Waals surface area contributed by atoms with Gasteiger partial charge in [0.15, 0.2) is 0 Å². The molecular weight excluding hydrogens is 257 g/mol. The lowest BCUT2D eigenvalue weighted by atomic mass is 10.1. The minimum atomic E-state index is -0.362. The fourth-order valence-corrected chi connectivity index (χ4v) is 1.66. The maximum atomic E-state index is 13.7. The van der Waals surface area contributed by atoms with E-state index >= 15 is 0 Å². The summed E-state index contributed by atoms with van der Waals surface area (Å²) in [5.74, 6) is 2.18. The Bertz CT molecular complexity index is 625. The van der Waals surface area contributed by atoms with Crippen molar-refractivity contribution in [2.24, 2.45) is 0 Å². The highest BCUT2D eigenvalue weighted by atomic mass is 19.1. The van der Waals surface area contributed by atoms with Crippen LogP contribution < -0.4 is 4.74 Å². The molecule has 4 nitrogen and oxygen atoms in total. The molecule has 102 valence electrons. The Hall–Kier alpha value is -2.48. The Kier molecular flexibility index (Phi) is 4.61. The lowest BCUT2D eigenvalue weighted by Gasteiger charge is -2.11. The molecule has 0 saturated heterocycles. The van der Waals surface area contributed by atoms with Crippen molar-refractivity contribution in [1.29, 1.82) is 0 Å². The zero-order valence-corrected chi connectivity index (χ0v) is 11.1. The topological polar surface area (TPSA) is 47.9 Å². The molecule has 1 atom stereocenters. The zero-order chi connectivity index (χ0) is 14.4. The fraction of sp³-hybridized carbons (Fsp3) is 0.267. The van der Waals surface area contributed by atoms with Gasteiger partial charge in [-0.1, -0.05) is 17.2 Å². The van der Waals surface area contributed by atoms with Crippen LogP contribution in [-0.2, 0) is 0 Å². The van der Waals surface area contributed by atoms with E-state index in [0.717, 1.165) is 0 Å². The van der Waals surface area contributed by atoms with Gasteiger partial charge < -0.3 is 4.74 Å². The van der Waals surface area contributed by atoms with Crippen LogP contribution >= 0.6 is 0 Å². The Morgan fingerprint density at radius 1 is 1.40 bits per heavy atom. The van der Waals surface area contributed by atoms with Crippen LogP contribution in [0.15, 0.2) is 30.5 Å². The van der Waals surface area contributed by atoms with Gasteiger partial charge in [-0.15, -0.1) is 12.3 Å². The van der Waals surface area contributed by atoms with Crippen molar-refractivity contribution in [1.82, 2.24) is 15.2 Å². The molecule has 0 N–H and O–H groups in total. The Morgan fingerprint density at radius 3 is 2.95 bits per heavy atom. The van der Waals surface area contributed by atoms with Crippen LogP contribution in [-0.4, -0.2) is 21.3 Å². The van der Waals surface area contributed by atoms with Gasteiger partial charge in [0, 0.05) is 12.0 Å². The largest absolute Gasteiger partial charge is 0.459 e. The first kappa shape index (κ1) is 13.9. The van der Waals surface area contributed by atoms with Gasteiger partial charge in [-0.3, -0.25) is 0 Å². The van der Waals surface area contributed by atoms with Crippen LogP contribution in [0.4, 0.5) is 4.39 Å². The summed E-state index contributed by atoms with van der Waals surface area (Å²) in [6, 6.07) is 6.47. The Balaban J connectivity index is 2.17. The third kappa shape index (κ3) is 3.51. The molecule has 0 saturated carbocycles. The number of ether oxygens (including phenoxy) is 1. The predicted octanol–water partition coefficient (Wildman–Crippen LogP) is 2.86. The van der Waals surface area contributed by atoms with E-state index in [2.05, 4.69) is 21.1 Å². The molecular formula is C15H14FN3O. The van der Waals surface area contributed by atoms with Gasteiger partial charge in [0.2, 0.25) is 0 Å². The average molecular weight is 271 g/mol. The molecule has 2 rings (SSSR count). The van der Waals surface area contributed by atoms with Crippen molar-refractivity contribution >= 4 is 0 Å². The monoisotopic (exact) mass is 271 g/mol. The number of nitrogens with zero attached hydrogens (tertiary/aromatic N) is 3. The van der Waals surface area contributed by atoms with Gasteiger partial charge in [0.25, 0.3) is 0 Å². The van der Waals surface area contributed by atoms with E-state index in [9.17, 15) is 4.39 Å². The first-order valence-electron chi connectivity index (χ1n) is 6.25. The number of benzene rings is 1. The van der Waals surface area contributed by atoms with E-state index < -0.39 is 0 Å². The molecule has 1 aromatic heterocycles. The molecule has 0 radical (unpaired) electrons. The smallest absolute Gasteiger partial charge is 0.336 e. The summed E-state index contributed by atoms with van der Waals surface area (Å²) in [6.45, 7) is 1.87. The number of halogens is 1. The van der Waals surface area contributed by atoms with E-state index in [1.807, 2.05) is 6.92 Å². The van der Waals surface area contributed by atoms with Crippen LogP contribution in [0.5, 0.6) is 6.01 Å². The molecule has 1 aromatic carbocycles. The van der Waals surface area contributed by atoms with Gasteiger partial charge >= 0.3 is 6.01 Å². The van der Waals surface area contributed by atoms with Crippen molar-refractivity contribution < 1.29 is 9.13 Å². The summed E-state index contributed by atoms with van der Waals surface area (Å²) in [4.78, 5) is 4.16. The first-order valence-corrected chi connectivity index (χ1v) is 6.25. The number of hydrogen-bond donors (Lipinski definition) is 0. The normalized spacial score (nSPS) is 11.7. The maximum Gasteiger partial charge on any atom is 0.336 e. The minimum Gasteiger partial charge on any atom is -0.459 e. The second kappa shape index (κ2) is 6.62. The summed E-state index contributed by atoms with van der Waals surface area (Å²) >= 11 is 0. The molecule has 0 amide bonds. The summed E-state index contributed by atoms with van der Waals surface area (Å²) < 4.78 is 19.2. The molecule has 0 aliphatic heterocycles. The third-order valence-corrected chi connectivity index (χ3v) is 2.69. The summed E-state index contributed by atoms with van der Waals surface area (Å²) in [5.41, 5.74) is 0.751. The summed E-state index contributed by atoms with van der Waals surface area (Å²) in [5, 5.41) is 7.58. The van der Waals surface area contributed by atoms with E-state index in [-0.39, 0.29) is 17.9 Å². The van der Waals surface area contributed by atoms with Gasteiger partial charge in [-0.2, -0.15) is 10.1 Å². The van der Waals surface area contributed by atoms with Gasteiger partial charge in [0.05, 0.1) is 11.9 Å². The SMILES string of the molecule is C#CCCC(C)Oc1nncc(-c2ccccc2F)n1. The predicted molar refractivity (Wildman–Crippen MR) is 73.4 cm³/mol. The van der Waals surface area contributed by atoms with Crippen LogP contribution in [0, 0.1) is 18.2 Å².